The normalized spacial score (nSPS) is 15.5. The Hall–Kier alpha value is -1.39. The molecule has 1 aliphatic carbocycles. The first-order valence-corrected chi connectivity index (χ1v) is 6.81. The van der Waals surface area contributed by atoms with Crippen LogP contribution in [-0.2, 0) is 24.2 Å². The van der Waals surface area contributed by atoms with Crippen molar-refractivity contribution in [3.05, 3.63) is 34.9 Å². The van der Waals surface area contributed by atoms with Crippen molar-refractivity contribution >= 4 is 5.97 Å². The summed E-state index contributed by atoms with van der Waals surface area (Å²) in [6.45, 7) is 1.42. The van der Waals surface area contributed by atoms with Crippen LogP contribution in [0.15, 0.2) is 18.2 Å². The zero-order valence-electron chi connectivity index (χ0n) is 11.4. The number of carbonyl (C=O) groups is 1. The lowest BCUT2D eigenvalue weighted by Crippen LogP contribution is -2.36. The highest BCUT2D eigenvalue weighted by atomic mass is 16.4. The maximum atomic E-state index is 10.6. The van der Waals surface area contributed by atoms with Gasteiger partial charge >= 0.3 is 5.97 Å². The van der Waals surface area contributed by atoms with E-state index < -0.39 is 5.97 Å². The number of benzene rings is 1. The van der Waals surface area contributed by atoms with Crippen LogP contribution in [0.25, 0.3) is 0 Å². The molecule has 0 aliphatic heterocycles. The molecule has 1 atom stereocenters. The lowest BCUT2D eigenvalue weighted by atomic mass is 10.1. The third kappa shape index (κ3) is 4.04. The molecule has 1 aromatic carbocycles. The molecule has 0 aromatic heterocycles. The van der Waals surface area contributed by atoms with Crippen LogP contribution < -0.4 is 5.73 Å². The predicted molar refractivity (Wildman–Crippen MR) is 75.0 cm³/mol. The van der Waals surface area contributed by atoms with Gasteiger partial charge in [0.2, 0.25) is 0 Å². The van der Waals surface area contributed by atoms with Crippen LogP contribution >= 0.6 is 0 Å². The van der Waals surface area contributed by atoms with Gasteiger partial charge in [0, 0.05) is 19.1 Å². The molecule has 0 fully saturated rings. The van der Waals surface area contributed by atoms with Crippen LogP contribution in [0.4, 0.5) is 0 Å². The largest absolute Gasteiger partial charge is 0.481 e. The van der Waals surface area contributed by atoms with Crippen molar-refractivity contribution in [1.29, 1.82) is 0 Å². The monoisotopic (exact) mass is 262 g/mol. The molecule has 1 aromatic rings. The number of carboxylic acids is 1. The molecular weight excluding hydrogens is 240 g/mol. The summed E-state index contributed by atoms with van der Waals surface area (Å²) in [6.07, 6.45) is 3.67. The average Bonchev–Trinajstić information content (AvgIpc) is 2.74. The molecule has 2 rings (SSSR count). The summed E-state index contributed by atoms with van der Waals surface area (Å²) >= 11 is 0. The first kappa shape index (κ1) is 14.0. The van der Waals surface area contributed by atoms with Gasteiger partial charge in [-0.1, -0.05) is 18.2 Å². The second kappa shape index (κ2) is 6.17. The Morgan fingerprint density at radius 3 is 2.89 bits per heavy atom. The van der Waals surface area contributed by atoms with E-state index in [0.29, 0.717) is 6.54 Å². The van der Waals surface area contributed by atoms with Gasteiger partial charge in [-0.05, 0) is 43.0 Å². The van der Waals surface area contributed by atoms with E-state index in [1.165, 1.54) is 36.0 Å². The predicted octanol–water partition coefficient (Wildman–Crippen LogP) is 1.41. The van der Waals surface area contributed by atoms with Crippen molar-refractivity contribution in [3.63, 3.8) is 0 Å². The van der Waals surface area contributed by atoms with E-state index in [9.17, 15) is 4.79 Å². The maximum Gasteiger partial charge on any atom is 0.304 e. The molecule has 0 saturated carbocycles. The summed E-state index contributed by atoms with van der Waals surface area (Å²) in [6, 6.07) is 6.37. The summed E-state index contributed by atoms with van der Waals surface area (Å²) in [5.74, 6) is -0.835. The number of rotatable bonds is 6. The summed E-state index contributed by atoms with van der Waals surface area (Å²) in [4.78, 5) is 12.7. The van der Waals surface area contributed by atoms with Gasteiger partial charge in [0.1, 0.15) is 0 Å². The topological polar surface area (TPSA) is 66.6 Å². The summed E-state index contributed by atoms with van der Waals surface area (Å²) < 4.78 is 0. The number of nitrogens with two attached hydrogens (primary N) is 1. The van der Waals surface area contributed by atoms with E-state index in [4.69, 9.17) is 10.8 Å². The maximum absolute atomic E-state index is 10.6. The quantitative estimate of drug-likeness (QED) is 0.813. The minimum atomic E-state index is -0.835. The SMILES string of the molecule is CN(Cc1ccc2c(c1)CCC2)CC(N)CC(=O)O. The molecule has 0 heterocycles. The van der Waals surface area contributed by atoms with Crippen LogP contribution in [-0.4, -0.2) is 35.6 Å². The zero-order chi connectivity index (χ0) is 13.8. The number of nitrogens with zero attached hydrogens (tertiary/aromatic N) is 1. The van der Waals surface area contributed by atoms with Crippen molar-refractivity contribution in [2.45, 2.75) is 38.3 Å². The van der Waals surface area contributed by atoms with Crippen LogP contribution in [0.2, 0.25) is 0 Å². The Morgan fingerprint density at radius 2 is 2.16 bits per heavy atom. The second-order valence-electron chi connectivity index (χ2n) is 5.51. The number of fused-ring (bicyclic) bond motifs is 1. The average molecular weight is 262 g/mol. The van der Waals surface area contributed by atoms with E-state index in [-0.39, 0.29) is 12.5 Å². The number of aliphatic carboxylic acids is 1. The Kier molecular flexibility index (Phi) is 4.56. The standard InChI is InChI=1S/C15H22N2O2/c1-17(10-14(16)8-15(18)19)9-11-5-6-12-3-2-4-13(12)7-11/h5-7,14H,2-4,8-10,16H2,1H3,(H,18,19). The molecule has 4 heteroatoms. The minimum absolute atomic E-state index is 0.0223. The molecule has 1 aliphatic rings. The van der Waals surface area contributed by atoms with Gasteiger partial charge in [-0.2, -0.15) is 0 Å². The van der Waals surface area contributed by atoms with Crippen molar-refractivity contribution in [1.82, 2.24) is 4.90 Å². The molecule has 0 radical (unpaired) electrons. The van der Waals surface area contributed by atoms with Crippen LogP contribution in [0.5, 0.6) is 0 Å². The first-order chi connectivity index (χ1) is 9.04. The number of hydrogen-bond donors (Lipinski definition) is 2. The Balaban J connectivity index is 1.88. The van der Waals surface area contributed by atoms with Gasteiger partial charge in [0.15, 0.2) is 0 Å². The van der Waals surface area contributed by atoms with Crippen molar-refractivity contribution < 1.29 is 9.90 Å². The Bertz CT molecular complexity index is 459. The smallest absolute Gasteiger partial charge is 0.304 e. The van der Waals surface area contributed by atoms with Crippen molar-refractivity contribution in [3.8, 4) is 0 Å². The number of carboxylic acid groups (broad SMARTS) is 1. The van der Waals surface area contributed by atoms with Gasteiger partial charge in [0.05, 0.1) is 6.42 Å². The van der Waals surface area contributed by atoms with Gasteiger partial charge in [-0.3, -0.25) is 4.79 Å². The highest BCUT2D eigenvalue weighted by molar-refractivity contribution is 5.67. The molecule has 19 heavy (non-hydrogen) atoms. The fraction of sp³-hybridized carbons (Fsp3) is 0.533. The lowest BCUT2D eigenvalue weighted by Gasteiger charge is -2.20. The van der Waals surface area contributed by atoms with Crippen molar-refractivity contribution in [2.75, 3.05) is 13.6 Å². The molecular formula is C15H22N2O2. The highest BCUT2D eigenvalue weighted by Gasteiger charge is 2.13. The summed E-state index contributed by atoms with van der Waals surface area (Å²) in [7, 11) is 1.98. The fourth-order valence-electron chi connectivity index (χ4n) is 2.79. The number of likely N-dealkylation sites (N-methyl/N-ethyl adjacent to an activating group) is 1. The van der Waals surface area contributed by atoms with E-state index in [2.05, 4.69) is 23.1 Å². The van der Waals surface area contributed by atoms with Gasteiger partial charge in [0.25, 0.3) is 0 Å². The Labute approximate surface area is 114 Å². The molecule has 0 amide bonds. The van der Waals surface area contributed by atoms with Gasteiger partial charge in [-0.25, -0.2) is 0 Å². The van der Waals surface area contributed by atoms with Crippen LogP contribution in [0, 0.1) is 0 Å². The van der Waals surface area contributed by atoms with Gasteiger partial charge < -0.3 is 15.7 Å². The first-order valence-electron chi connectivity index (χ1n) is 6.81. The second-order valence-corrected chi connectivity index (χ2v) is 5.51. The molecule has 3 N–H and O–H groups in total. The minimum Gasteiger partial charge on any atom is -0.481 e. The van der Waals surface area contributed by atoms with Crippen LogP contribution in [0.1, 0.15) is 29.5 Å². The summed E-state index contributed by atoms with van der Waals surface area (Å²) in [5, 5.41) is 8.69. The lowest BCUT2D eigenvalue weighted by molar-refractivity contribution is -0.137. The third-order valence-electron chi connectivity index (χ3n) is 3.60. The molecule has 4 nitrogen and oxygen atoms in total. The Morgan fingerprint density at radius 1 is 1.42 bits per heavy atom. The van der Waals surface area contributed by atoms with E-state index in [0.717, 1.165) is 6.54 Å². The molecule has 1 unspecified atom stereocenters. The third-order valence-corrected chi connectivity index (χ3v) is 3.60. The van der Waals surface area contributed by atoms with Crippen LogP contribution in [0.3, 0.4) is 0 Å². The fourth-order valence-corrected chi connectivity index (χ4v) is 2.79. The molecule has 104 valence electrons. The molecule has 0 saturated heterocycles. The number of hydrogen-bond acceptors (Lipinski definition) is 3. The molecule has 0 spiro atoms. The molecule has 0 bridgehead atoms. The zero-order valence-corrected chi connectivity index (χ0v) is 11.4. The van der Waals surface area contributed by atoms with E-state index in [1.54, 1.807) is 0 Å². The summed E-state index contributed by atoms with van der Waals surface area (Å²) in [5.41, 5.74) is 10.0. The van der Waals surface area contributed by atoms with E-state index in [1.807, 2.05) is 7.05 Å². The van der Waals surface area contributed by atoms with Gasteiger partial charge in [-0.15, -0.1) is 0 Å². The highest BCUT2D eigenvalue weighted by Crippen LogP contribution is 2.23. The van der Waals surface area contributed by atoms with Crippen molar-refractivity contribution in [2.24, 2.45) is 5.73 Å². The van der Waals surface area contributed by atoms with E-state index >= 15 is 0 Å². The number of aryl methyl sites for hydroxylation is 2.